The van der Waals surface area contributed by atoms with Crippen molar-refractivity contribution in [3.63, 3.8) is 0 Å². The van der Waals surface area contributed by atoms with Crippen LogP contribution in [-0.4, -0.2) is 51.4 Å². The summed E-state index contributed by atoms with van der Waals surface area (Å²) in [5.41, 5.74) is 6.14. The molecule has 1 aromatic heterocycles. The molecule has 1 aliphatic rings. The summed E-state index contributed by atoms with van der Waals surface area (Å²) in [6.07, 6.45) is 1.82. The number of fused-ring (bicyclic) bond motifs is 1. The first-order valence-corrected chi connectivity index (χ1v) is 12.4. The zero-order chi connectivity index (χ0) is 24.3. The molecular formula is C31H28N4O. The average Bonchev–Trinajstić information content (AvgIpc) is 3.38. The van der Waals surface area contributed by atoms with Crippen LogP contribution in [-0.2, 0) is 0 Å². The predicted octanol–water partition coefficient (Wildman–Crippen LogP) is 5.57. The van der Waals surface area contributed by atoms with Crippen LogP contribution in [0.1, 0.15) is 27.5 Å². The maximum Gasteiger partial charge on any atom is 0.254 e. The van der Waals surface area contributed by atoms with Gasteiger partial charge < -0.3 is 4.90 Å². The highest BCUT2D eigenvalue weighted by atomic mass is 16.2. The topological polar surface area (TPSA) is 41.4 Å². The highest BCUT2D eigenvalue weighted by Gasteiger charge is 2.28. The van der Waals surface area contributed by atoms with E-state index in [0.717, 1.165) is 29.8 Å². The standard InChI is InChI=1S/C31H28N4O/c36-31(26-16-17-29-28(22-26)32-23-35(29)27-14-8-3-9-15-27)34-20-18-33(19-21-34)30(24-10-4-1-5-11-24)25-12-6-2-7-13-25/h1-17,22-23,30H,18-21H2. The van der Waals surface area contributed by atoms with Gasteiger partial charge in [0.2, 0.25) is 0 Å². The fourth-order valence-corrected chi connectivity index (χ4v) is 5.19. The van der Waals surface area contributed by atoms with Gasteiger partial charge in [0.25, 0.3) is 5.91 Å². The van der Waals surface area contributed by atoms with Gasteiger partial charge in [-0.05, 0) is 41.5 Å². The van der Waals surface area contributed by atoms with Gasteiger partial charge in [-0.2, -0.15) is 0 Å². The molecule has 0 bridgehead atoms. The number of benzene rings is 4. The molecule has 1 amide bonds. The Labute approximate surface area is 211 Å². The molecule has 0 radical (unpaired) electrons. The molecule has 0 aliphatic carbocycles. The zero-order valence-electron chi connectivity index (χ0n) is 20.1. The van der Waals surface area contributed by atoms with Crippen molar-refractivity contribution in [1.29, 1.82) is 0 Å². The maximum absolute atomic E-state index is 13.4. The number of piperazine rings is 1. The SMILES string of the molecule is O=C(c1ccc2c(c1)ncn2-c1ccccc1)N1CCN(C(c2ccccc2)c2ccccc2)CC1. The summed E-state index contributed by atoms with van der Waals surface area (Å²) in [4.78, 5) is 22.4. The number of rotatable bonds is 5. The van der Waals surface area contributed by atoms with E-state index in [2.05, 4.69) is 87.2 Å². The van der Waals surface area contributed by atoms with Crippen LogP contribution in [0.2, 0.25) is 0 Å². The molecule has 5 nitrogen and oxygen atoms in total. The lowest BCUT2D eigenvalue weighted by Gasteiger charge is -2.39. The molecule has 0 atom stereocenters. The van der Waals surface area contributed by atoms with Gasteiger partial charge >= 0.3 is 0 Å². The van der Waals surface area contributed by atoms with Gasteiger partial charge in [-0.25, -0.2) is 4.98 Å². The van der Waals surface area contributed by atoms with E-state index in [-0.39, 0.29) is 11.9 Å². The summed E-state index contributed by atoms with van der Waals surface area (Å²) in [7, 11) is 0. The molecule has 4 aromatic carbocycles. The van der Waals surface area contributed by atoms with Gasteiger partial charge in [-0.3, -0.25) is 14.3 Å². The van der Waals surface area contributed by atoms with Crippen LogP contribution < -0.4 is 0 Å². The fraction of sp³-hybridized carbons (Fsp3) is 0.161. The lowest BCUT2D eigenvalue weighted by atomic mass is 9.96. The normalized spacial score (nSPS) is 14.4. The predicted molar refractivity (Wildman–Crippen MR) is 143 cm³/mol. The van der Waals surface area contributed by atoms with Crippen molar-refractivity contribution in [3.05, 3.63) is 132 Å². The van der Waals surface area contributed by atoms with Crippen molar-refractivity contribution in [3.8, 4) is 5.69 Å². The van der Waals surface area contributed by atoms with E-state index in [1.54, 1.807) is 0 Å². The minimum atomic E-state index is 0.0711. The lowest BCUT2D eigenvalue weighted by Crippen LogP contribution is -2.49. The molecule has 0 unspecified atom stereocenters. The van der Waals surface area contributed by atoms with Crippen molar-refractivity contribution in [2.24, 2.45) is 0 Å². The number of imidazole rings is 1. The van der Waals surface area contributed by atoms with E-state index >= 15 is 0 Å². The highest BCUT2D eigenvalue weighted by molar-refractivity contribution is 5.97. The Kier molecular flexibility index (Phi) is 6.06. The van der Waals surface area contributed by atoms with Crippen LogP contribution in [0.5, 0.6) is 0 Å². The molecule has 0 spiro atoms. The van der Waals surface area contributed by atoms with Crippen LogP contribution in [0.25, 0.3) is 16.7 Å². The van der Waals surface area contributed by atoms with Gasteiger partial charge in [0, 0.05) is 37.4 Å². The number of hydrogen-bond acceptors (Lipinski definition) is 3. The van der Waals surface area contributed by atoms with E-state index in [0.29, 0.717) is 18.7 Å². The smallest absolute Gasteiger partial charge is 0.254 e. The van der Waals surface area contributed by atoms with Crippen molar-refractivity contribution in [1.82, 2.24) is 19.4 Å². The zero-order valence-corrected chi connectivity index (χ0v) is 20.1. The van der Waals surface area contributed by atoms with Gasteiger partial charge in [0.1, 0.15) is 6.33 Å². The van der Waals surface area contributed by atoms with Crippen molar-refractivity contribution < 1.29 is 4.79 Å². The molecule has 2 heterocycles. The molecule has 1 fully saturated rings. The minimum absolute atomic E-state index is 0.0711. The summed E-state index contributed by atoms with van der Waals surface area (Å²) >= 11 is 0. The number of nitrogens with zero attached hydrogens (tertiary/aromatic N) is 4. The summed E-state index contributed by atoms with van der Waals surface area (Å²) < 4.78 is 2.05. The number of carbonyl (C=O) groups is 1. The first kappa shape index (κ1) is 22.3. The fourth-order valence-electron chi connectivity index (χ4n) is 5.19. The van der Waals surface area contributed by atoms with Crippen molar-refractivity contribution in [2.45, 2.75) is 6.04 Å². The summed E-state index contributed by atoms with van der Waals surface area (Å²) in [6.45, 7) is 3.05. The van der Waals surface area contributed by atoms with Crippen LogP contribution >= 0.6 is 0 Å². The van der Waals surface area contributed by atoms with Gasteiger partial charge in [0.15, 0.2) is 0 Å². The number of aromatic nitrogens is 2. The second-order valence-corrected chi connectivity index (χ2v) is 9.21. The van der Waals surface area contributed by atoms with Crippen LogP contribution in [0, 0.1) is 0 Å². The molecule has 0 N–H and O–H groups in total. The van der Waals surface area contributed by atoms with Crippen LogP contribution in [0.3, 0.4) is 0 Å². The molecule has 36 heavy (non-hydrogen) atoms. The third kappa shape index (κ3) is 4.30. The van der Waals surface area contributed by atoms with E-state index in [1.165, 1.54) is 11.1 Å². The Morgan fingerprint density at radius 3 is 1.89 bits per heavy atom. The van der Waals surface area contributed by atoms with Crippen molar-refractivity contribution in [2.75, 3.05) is 26.2 Å². The molecule has 1 saturated heterocycles. The first-order chi connectivity index (χ1) is 17.8. The Morgan fingerprint density at radius 2 is 1.28 bits per heavy atom. The number of amides is 1. The quantitative estimate of drug-likeness (QED) is 0.336. The number of para-hydroxylation sites is 1. The third-order valence-corrected chi connectivity index (χ3v) is 7.03. The van der Waals surface area contributed by atoms with E-state index in [1.807, 2.05) is 47.6 Å². The second kappa shape index (κ2) is 9.80. The molecule has 178 valence electrons. The molecule has 5 heteroatoms. The highest BCUT2D eigenvalue weighted by Crippen LogP contribution is 2.30. The Balaban J connectivity index is 1.19. The summed E-state index contributed by atoms with van der Waals surface area (Å²) in [5.74, 6) is 0.0711. The van der Waals surface area contributed by atoms with Crippen molar-refractivity contribution >= 4 is 16.9 Å². The lowest BCUT2D eigenvalue weighted by molar-refractivity contribution is 0.0597. The summed E-state index contributed by atoms with van der Waals surface area (Å²) in [5, 5.41) is 0. The maximum atomic E-state index is 13.4. The van der Waals surface area contributed by atoms with Crippen LogP contribution in [0.4, 0.5) is 0 Å². The molecule has 5 aromatic rings. The van der Waals surface area contributed by atoms with E-state index < -0.39 is 0 Å². The molecule has 0 saturated carbocycles. The summed E-state index contributed by atoms with van der Waals surface area (Å²) in [6, 6.07) is 37.4. The average molecular weight is 473 g/mol. The molecular weight excluding hydrogens is 444 g/mol. The van der Waals surface area contributed by atoms with Gasteiger partial charge in [0.05, 0.1) is 17.1 Å². The molecule has 1 aliphatic heterocycles. The van der Waals surface area contributed by atoms with Gasteiger partial charge in [-0.1, -0.05) is 78.9 Å². The first-order valence-electron chi connectivity index (χ1n) is 12.4. The number of carbonyl (C=O) groups excluding carboxylic acids is 1. The second-order valence-electron chi connectivity index (χ2n) is 9.21. The number of hydrogen-bond donors (Lipinski definition) is 0. The van der Waals surface area contributed by atoms with E-state index in [4.69, 9.17) is 0 Å². The monoisotopic (exact) mass is 472 g/mol. The third-order valence-electron chi connectivity index (χ3n) is 7.03. The largest absolute Gasteiger partial charge is 0.336 e. The minimum Gasteiger partial charge on any atom is -0.336 e. The van der Waals surface area contributed by atoms with E-state index in [9.17, 15) is 4.79 Å². The Hall–Kier alpha value is -4.22. The Bertz CT molecular complexity index is 1420. The molecule has 6 rings (SSSR count). The van der Waals surface area contributed by atoms with Crippen LogP contribution in [0.15, 0.2) is 116 Å². The Morgan fingerprint density at radius 1 is 0.694 bits per heavy atom. The van der Waals surface area contributed by atoms with Gasteiger partial charge in [-0.15, -0.1) is 0 Å².